The lowest BCUT2D eigenvalue weighted by Gasteiger charge is -2.10. The average Bonchev–Trinajstić information content (AvgIpc) is 3.04. The minimum Gasteiger partial charge on any atom is -0.478 e. The van der Waals surface area contributed by atoms with Crippen LogP contribution < -0.4 is 5.56 Å². The van der Waals surface area contributed by atoms with E-state index in [0.29, 0.717) is 16.8 Å². The standard InChI is InChI=1S/C16H16N4O3/c1-3-9(2)10-4-5-13-12(6-10)14(21)19-16(18-13)20-8-11(7-17-20)15(22)23/h4-9H,3H2,1-2H3,(H,22,23)(H,18,19,21). The first-order valence-corrected chi connectivity index (χ1v) is 7.32. The first-order chi connectivity index (χ1) is 11.0. The molecule has 118 valence electrons. The van der Waals surface area contributed by atoms with Crippen molar-refractivity contribution in [3.05, 3.63) is 52.1 Å². The molecule has 1 atom stereocenters. The molecule has 0 fully saturated rings. The molecule has 7 nitrogen and oxygen atoms in total. The van der Waals surface area contributed by atoms with E-state index in [2.05, 4.69) is 28.9 Å². The molecule has 0 aliphatic heterocycles. The number of aromatic amines is 1. The molecule has 2 heterocycles. The van der Waals surface area contributed by atoms with E-state index in [4.69, 9.17) is 5.11 Å². The summed E-state index contributed by atoms with van der Waals surface area (Å²) in [5.74, 6) is -0.536. The molecule has 1 unspecified atom stereocenters. The van der Waals surface area contributed by atoms with Crippen LogP contribution in [-0.4, -0.2) is 30.8 Å². The predicted octanol–water partition coefficient (Wildman–Crippen LogP) is 2.32. The molecule has 0 aliphatic carbocycles. The number of H-pyrrole nitrogens is 1. The fourth-order valence-corrected chi connectivity index (χ4v) is 2.34. The number of hydrogen-bond donors (Lipinski definition) is 2. The zero-order valence-corrected chi connectivity index (χ0v) is 12.8. The van der Waals surface area contributed by atoms with E-state index in [1.807, 2.05) is 12.1 Å². The first-order valence-electron chi connectivity index (χ1n) is 7.32. The second kappa shape index (κ2) is 5.68. The van der Waals surface area contributed by atoms with Gasteiger partial charge < -0.3 is 5.11 Å². The van der Waals surface area contributed by atoms with E-state index >= 15 is 0 Å². The quantitative estimate of drug-likeness (QED) is 0.770. The van der Waals surface area contributed by atoms with Crippen LogP contribution in [0.4, 0.5) is 0 Å². The normalized spacial score (nSPS) is 12.4. The van der Waals surface area contributed by atoms with Crippen LogP contribution in [-0.2, 0) is 0 Å². The third-order valence-corrected chi connectivity index (χ3v) is 3.94. The molecule has 3 aromatic rings. The van der Waals surface area contributed by atoms with Gasteiger partial charge in [-0.2, -0.15) is 5.10 Å². The number of carbonyl (C=O) groups is 1. The number of nitrogens with one attached hydrogen (secondary N) is 1. The largest absolute Gasteiger partial charge is 0.478 e. The maximum absolute atomic E-state index is 12.3. The van der Waals surface area contributed by atoms with Crippen molar-refractivity contribution in [2.24, 2.45) is 0 Å². The second-order valence-corrected chi connectivity index (χ2v) is 5.45. The molecular weight excluding hydrogens is 296 g/mol. The maximum Gasteiger partial charge on any atom is 0.338 e. The van der Waals surface area contributed by atoms with Crippen molar-refractivity contribution in [2.75, 3.05) is 0 Å². The van der Waals surface area contributed by atoms with Gasteiger partial charge in [0.2, 0.25) is 5.95 Å². The number of carboxylic acids is 1. The van der Waals surface area contributed by atoms with E-state index in [1.165, 1.54) is 17.1 Å². The van der Waals surface area contributed by atoms with Gasteiger partial charge in [0.15, 0.2) is 0 Å². The molecule has 23 heavy (non-hydrogen) atoms. The molecule has 0 aliphatic rings. The summed E-state index contributed by atoms with van der Waals surface area (Å²) in [6, 6.07) is 5.61. The summed E-state index contributed by atoms with van der Waals surface area (Å²) in [5.41, 5.74) is 1.39. The number of fused-ring (bicyclic) bond motifs is 1. The number of hydrogen-bond acceptors (Lipinski definition) is 4. The Labute approximate surface area is 131 Å². The Kier molecular flexibility index (Phi) is 3.69. The van der Waals surface area contributed by atoms with Crippen LogP contribution in [0.5, 0.6) is 0 Å². The van der Waals surface area contributed by atoms with Crippen LogP contribution in [0.25, 0.3) is 16.9 Å². The van der Waals surface area contributed by atoms with Crippen molar-refractivity contribution in [3.63, 3.8) is 0 Å². The molecule has 0 saturated carbocycles. The van der Waals surface area contributed by atoms with Gasteiger partial charge in [-0.25, -0.2) is 14.5 Å². The fourth-order valence-electron chi connectivity index (χ4n) is 2.34. The highest BCUT2D eigenvalue weighted by atomic mass is 16.4. The van der Waals surface area contributed by atoms with E-state index < -0.39 is 5.97 Å². The molecule has 1 aromatic carbocycles. The summed E-state index contributed by atoms with van der Waals surface area (Å²) in [6.07, 6.45) is 3.50. The first kappa shape index (κ1) is 15.0. The Morgan fingerprint density at radius 1 is 1.43 bits per heavy atom. The summed E-state index contributed by atoms with van der Waals surface area (Å²) >= 11 is 0. The molecule has 2 aromatic heterocycles. The number of carboxylic acid groups (broad SMARTS) is 1. The lowest BCUT2D eigenvalue weighted by molar-refractivity contribution is 0.0697. The van der Waals surface area contributed by atoms with Gasteiger partial charge in [0.1, 0.15) is 0 Å². The van der Waals surface area contributed by atoms with Gasteiger partial charge in [-0.3, -0.25) is 9.78 Å². The molecule has 0 spiro atoms. The van der Waals surface area contributed by atoms with Gasteiger partial charge >= 0.3 is 5.97 Å². The van der Waals surface area contributed by atoms with Crippen molar-refractivity contribution in [1.29, 1.82) is 0 Å². The molecule has 0 saturated heterocycles. The van der Waals surface area contributed by atoms with Gasteiger partial charge in [-0.1, -0.05) is 19.9 Å². The summed E-state index contributed by atoms with van der Waals surface area (Å²) in [6.45, 7) is 4.20. The van der Waals surface area contributed by atoms with Crippen LogP contribution in [0, 0.1) is 0 Å². The zero-order chi connectivity index (χ0) is 16.6. The Balaban J connectivity index is 2.11. The van der Waals surface area contributed by atoms with Crippen molar-refractivity contribution >= 4 is 16.9 Å². The predicted molar refractivity (Wildman–Crippen MR) is 85.2 cm³/mol. The molecule has 2 N–H and O–H groups in total. The van der Waals surface area contributed by atoms with Crippen LogP contribution in [0.1, 0.15) is 42.1 Å². The highest BCUT2D eigenvalue weighted by Gasteiger charge is 2.12. The topological polar surface area (TPSA) is 101 Å². The molecule has 7 heteroatoms. The third kappa shape index (κ3) is 2.73. The second-order valence-electron chi connectivity index (χ2n) is 5.45. The smallest absolute Gasteiger partial charge is 0.338 e. The number of benzene rings is 1. The van der Waals surface area contributed by atoms with Gasteiger partial charge in [0.05, 0.1) is 22.7 Å². The van der Waals surface area contributed by atoms with Crippen molar-refractivity contribution < 1.29 is 9.90 Å². The molecule has 0 amide bonds. The van der Waals surface area contributed by atoms with E-state index in [1.54, 1.807) is 6.07 Å². The Morgan fingerprint density at radius 2 is 2.22 bits per heavy atom. The number of rotatable bonds is 4. The van der Waals surface area contributed by atoms with Crippen LogP contribution in [0.15, 0.2) is 35.4 Å². The van der Waals surface area contributed by atoms with Crippen molar-refractivity contribution in [2.45, 2.75) is 26.2 Å². The summed E-state index contributed by atoms with van der Waals surface area (Å²) in [5, 5.41) is 13.4. The van der Waals surface area contributed by atoms with Crippen LogP contribution in [0.2, 0.25) is 0 Å². The Bertz CT molecular complexity index is 942. The van der Waals surface area contributed by atoms with Gasteiger partial charge in [0.25, 0.3) is 5.56 Å². The van der Waals surface area contributed by atoms with E-state index in [9.17, 15) is 9.59 Å². The van der Waals surface area contributed by atoms with E-state index in [0.717, 1.165) is 12.0 Å². The molecule has 0 radical (unpaired) electrons. The number of aromatic nitrogens is 4. The molecule has 0 bridgehead atoms. The van der Waals surface area contributed by atoms with Crippen LogP contribution >= 0.6 is 0 Å². The molecular formula is C16H16N4O3. The van der Waals surface area contributed by atoms with Gasteiger partial charge in [-0.15, -0.1) is 0 Å². The third-order valence-electron chi connectivity index (χ3n) is 3.94. The van der Waals surface area contributed by atoms with Crippen molar-refractivity contribution in [1.82, 2.24) is 19.7 Å². The number of aromatic carboxylic acids is 1. The fraction of sp³-hybridized carbons (Fsp3) is 0.250. The molecule has 3 rings (SSSR count). The highest BCUT2D eigenvalue weighted by Crippen LogP contribution is 2.21. The van der Waals surface area contributed by atoms with Crippen molar-refractivity contribution in [3.8, 4) is 5.95 Å². The van der Waals surface area contributed by atoms with Gasteiger partial charge in [0, 0.05) is 6.20 Å². The minimum absolute atomic E-state index is 0.0277. The maximum atomic E-state index is 12.3. The average molecular weight is 312 g/mol. The lowest BCUT2D eigenvalue weighted by atomic mass is 9.97. The monoisotopic (exact) mass is 312 g/mol. The Hall–Kier alpha value is -2.96. The summed E-state index contributed by atoms with van der Waals surface area (Å²) in [7, 11) is 0. The Morgan fingerprint density at radius 3 is 2.87 bits per heavy atom. The number of nitrogens with zero attached hydrogens (tertiary/aromatic N) is 3. The summed E-state index contributed by atoms with van der Waals surface area (Å²) < 4.78 is 1.24. The SMILES string of the molecule is CCC(C)c1ccc2nc(-n3cc(C(=O)O)cn3)[nH]c(=O)c2c1. The zero-order valence-electron chi connectivity index (χ0n) is 12.8. The summed E-state index contributed by atoms with van der Waals surface area (Å²) in [4.78, 5) is 30.2. The highest BCUT2D eigenvalue weighted by molar-refractivity contribution is 5.87. The van der Waals surface area contributed by atoms with Crippen LogP contribution in [0.3, 0.4) is 0 Å². The lowest BCUT2D eigenvalue weighted by Crippen LogP contribution is -2.14. The van der Waals surface area contributed by atoms with Gasteiger partial charge in [-0.05, 0) is 30.0 Å². The van der Waals surface area contributed by atoms with E-state index in [-0.39, 0.29) is 17.1 Å². The minimum atomic E-state index is -1.09.